The highest BCUT2D eigenvalue weighted by atomic mass is 127. The maximum Gasteiger partial charge on any atom is 0.191 e. The molecule has 0 bridgehead atoms. The number of methoxy groups -OCH3 is 1. The molecule has 22 heavy (non-hydrogen) atoms. The van der Waals surface area contributed by atoms with E-state index < -0.39 is 0 Å². The molecule has 0 fully saturated rings. The van der Waals surface area contributed by atoms with Gasteiger partial charge in [-0.15, -0.1) is 24.0 Å². The average molecular weight is 486 g/mol. The molecule has 2 N–H and O–H groups in total. The highest BCUT2D eigenvalue weighted by molar-refractivity contribution is 14.0. The normalized spacial score (nSPS) is 10.8. The van der Waals surface area contributed by atoms with Gasteiger partial charge in [0.1, 0.15) is 5.75 Å². The van der Waals surface area contributed by atoms with Crippen molar-refractivity contribution in [3.8, 4) is 5.75 Å². The summed E-state index contributed by atoms with van der Waals surface area (Å²) in [4.78, 5) is 4.20. The van der Waals surface area contributed by atoms with E-state index in [-0.39, 0.29) is 24.0 Å². The van der Waals surface area contributed by atoms with Crippen LogP contribution in [0.3, 0.4) is 0 Å². The van der Waals surface area contributed by atoms with Crippen LogP contribution in [0.1, 0.15) is 18.9 Å². The fourth-order valence-corrected chi connectivity index (χ4v) is 2.22. The molecule has 0 saturated heterocycles. The third-order valence-electron chi connectivity index (χ3n) is 2.87. The third-order valence-corrected chi connectivity index (χ3v) is 3.37. The van der Waals surface area contributed by atoms with Gasteiger partial charge in [-0.1, -0.05) is 15.9 Å². The summed E-state index contributed by atoms with van der Waals surface area (Å²) in [6.07, 6.45) is 0.953. The maximum absolute atomic E-state index is 5.35. The van der Waals surface area contributed by atoms with Gasteiger partial charge < -0.3 is 20.1 Å². The fraction of sp³-hybridized carbons (Fsp3) is 0.533. The summed E-state index contributed by atoms with van der Waals surface area (Å²) in [5.74, 6) is 1.63. The summed E-state index contributed by atoms with van der Waals surface area (Å²) in [7, 11) is 3.43. The van der Waals surface area contributed by atoms with Crippen LogP contribution in [0.25, 0.3) is 0 Å². The van der Waals surface area contributed by atoms with E-state index >= 15 is 0 Å². The average Bonchev–Trinajstić information content (AvgIpc) is 2.50. The zero-order valence-electron chi connectivity index (χ0n) is 13.3. The summed E-state index contributed by atoms with van der Waals surface area (Å²) in [5, 5.41) is 6.53. The molecule has 126 valence electrons. The molecule has 1 rings (SSSR count). The van der Waals surface area contributed by atoms with Gasteiger partial charge in [-0.3, -0.25) is 4.99 Å². The Morgan fingerprint density at radius 1 is 1.32 bits per heavy atom. The third kappa shape index (κ3) is 8.19. The lowest BCUT2D eigenvalue weighted by Crippen LogP contribution is -2.37. The van der Waals surface area contributed by atoms with Crippen LogP contribution in [0.15, 0.2) is 27.7 Å². The van der Waals surface area contributed by atoms with Crippen LogP contribution >= 0.6 is 39.9 Å². The zero-order valence-corrected chi connectivity index (χ0v) is 17.2. The van der Waals surface area contributed by atoms with Crippen molar-refractivity contribution < 1.29 is 9.47 Å². The van der Waals surface area contributed by atoms with Crippen LogP contribution in [0, 0.1) is 0 Å². The lowest BCUT2D eigenvalue weighted by Gasteiger charge is -2.14. The minimum absolute atomic E-state index is 0. The highest BCUT2D eigenvalue weighted by Crippen LogP contribution is 2.22. The number of rotatable bonds is 8. The van der Waals surface area contributed by atoms with Crippen LogP contribution in [0.5, 0.6) is 5.75 Å². The largest absolute Gasteiger partial charge is 0.496 e. The smallest absolute Gasteiger partial charge is 0.191 e. The Hall–Kier alpha value is -0.540. The van der Waals surface area contributed by atoms with E-state index in [1.807, 2.05) is 25.1 Å². The minimum atomic E-state index is 0. The van der Waals surface area contributed by atoms with Gasteiger partial charge in [0.2, 0.25) is 0 Å². The Balaban J connectivity index is 0.00000441. The number of hydrogen-bond donors (Lipinski definition) is 2. The first-order valence-corrected chi connectivity index (χ1v) is 7.85. The number of nitrogens with zero attached hydrogens (tertiary/aromatic N) is 1. The molecule has 0 aromatic heterocycles. The van der Waals surface area contributed by atoms with Crippen molar-refractivity contribution in [3.63, 3.8) is 0 Å². The van der Waals surface area contributed by atoms with Crippen LogP contribution in [-0.4, -0.2) is 39.9 Å². The number of nitrogens with one attached hydrogen (secondary N) is 2. The van der Waals surface area contributed by atoms with Crippen molar-refractivity contribution in [2.45, 2.75) is 19.9 Å². The standard InChI is InChI=1S/C15H24BrN3O2.HI/c1-4-21-9-5-8-18-15(17-2)19-11-12-10-13(16)6-7-14(12)20-3;/h6-7,10H,4-5,8-9,11H2,1-3H3,(H2,17,18,19);1H. The zero-order chi connectivity index (χ0) is 15.5. The van der Waals surface area contributed by atoms with Crippen LogP contribution in [0.2, 0.25) is 0 Å². The highest BCUT2D eigenvalue weighted by Gasteiger charge is 2.05. The monoisotopic (exact) mass is 485 g/mol. The van der Waals surface area contributed by atoms with Crippen LogP contribution in [-0.2, 0) is 11.3 Å². The van der Waals surface area contributed by atoms with E-state index in [9.17, 15) is 0 Å². The number of ether oxygens (including phenoxy) is 2. The molecule has 0 amide bonds. The molecule has 0 spiro atoms. The summed E-state index contributed by atoms with van der Waals surface area (Å²) in [5.41, 5.74) is 1.07. The number of hydrogen-bond acceptors (Lipinski definition) is 3. The molecule has 0 unspecified atom stereocenters. The Labute approximate surface area is 158 Å². The van der Waals surface area contributed by atoms with E-state index in [2.05, 4.69) is 31.6 Å². The van der Waals surface area contributed by atoms with Crippen molar-refractivity contribution >= 4 is 45.9 Å². The Bertz CT molecular complexity index is 458. The van der Waals surface area contributed by atoms with Crippen LogP contribution in [0.4, 0.5) is 0 Å². The van der Waals surface area contributed by atoms with E-state index in [4.69, 9.17) is 9.47 Å². The SMILES string of the molecule is CCOCCCNC(=NC)NCc1cc(Br)ccc1OC.I. The van der Waals surface area contributed by atoms with Gasteiger partial charge in [-0.2, -0.15) is 0 Å². The van der Waals surface area contributed by atoms with Gasteiger partial charge >= 0.3 is 0 Å². The van der Waals surface area contributed by atoms with Crippen molar-refractivity contribution in [2.75, 3.05) is 33.9 Å². The maximum atomic E-state index is 5.35. The summed E-state index contributed by atoms with van der Waals surface area (Å²) in [6, 6.07) is 5.94. The fourth-order valence-electron chi connectivity index (χ4n) is 1.81. The van der Waals surface area contributed by atoms with Crippen LogP contribution < -0.4 is 15.4 Å². The lowest BCUT2D eigenvalue weighted by molar-refractivity contribution is 0.145. The quantitative estimate of drug-likeness (QED) is 0.257. The molecule has 0 aliphatic heterocycles. The van der Waals surface area contributed by atoms with Gasteiger partial charge in [0.05, 0.1) is 7.11 Å². The molecule has 0 saturated carbocycles. The van der Waals surface area contributed by atoms with E-state index in [1.54, 1.807) is 14.2 Å². The first kappa shape index (κ1) is 21.5. The van der Waals surface area contributed by atoms with Gasteiger partial charge in [-0.25, -0.2) is 0 Å². The molecule has 0 radical (unpaired) electrons. The predicted molar refractivity (Wildman–Crippen MR) is 105 cm³/mol. The minimum Gasteiger partial charge on any atom is -0.496 e. The first-order chi connectivity index (χ1) is 10.2. The van der Waals surface area contributed by atoms with Gasteiger partial charge in [0, 0.05) is 43.4 Å². The second-order valence-corrected chi connectivity index (χ2v) is 5.27. The van der Waals surface area contributed by atoms with E-state index in [0.29, 0.717) is 6.54 Å². The molecule has 5 nitrogen and oxygen atoms in total. The van der Waals surface area contributed by atoms with Crippen molar-refractivity contribution in [3.05, 3.63) is 28.2 Å². The molecule has 0 atom stereocenters. The molecule has 7 heteroatoms. The number of benzene rings is 1. The van der Waals surface area contributed by atoms with Gasteiger partial charge in [-0.05, 0) is 31.5 Å². The predicted octanol–water partition coefficient (Wildman–Crippen LogP) is 3.17. The molecule has 1 aromatic rings. The Kier molecular flexibility index (Phi) is 12.6. The summed E-state index contributed by atoms with van der Waals surface area (Å²) >= 11 is 3.47. The Morgan fingerprint density at radius 2 is 2.09 bits per heavy atom. The second-order valence-electron chi connectivity index (χ2n) is 4.36. The van der Waals surface area contributed by atoms with Crippen molar-refractivity contribution in [2.24, 2.45) is 4.99 Å². The topological polar surface area (TPSA) is 54.9 Å². The number of aliphatic imine (C=N–C) groups is 1. The second kappa shape index (κ2) is 13.0. The van der Waals surface area contributed by atoms with E-state index in [1.165, 1.54) is 0 Å². The van der Waals surface area contributed by atoms with Crippen molar-refractivity contribution in [1.82, 2.24) is 10.6 Å². The van der Waals surface area contributed by atoms with Gasteiger partial charge in [0.25, 0.3) is 0 Å². The summed E-state index contributed by atoms with van der Waals surface area (Å²) in [6.45, 7) is 5.00. The molecular formula is C15H25BrIN3O2. The first-order valence-electron chi connectivity index (χ1n) is 7.06. The number of halogens is 2. The lowest BCUT2D eigenvalue weighted by atomic mass is 10.2. The molecule has 0 heterocycles. The molecule has 1 aromatic carbocycles. The number of guanidine groups is 1. The van der Waals surface area contributed by atoms with E-state index in [0.717, 1.165) is 47.9 Å². The summed E-state index contributed by atoms with van der Waals surface area (Å²) < 4.78 is 11.7. The molecule has 0 aliphatic rings. The molecular weight excluding hydrogens is 461 g/mol. The van der Waals surface area contributed by atoms with Crippen molar-refractivity contribution in [1.29, 1.82) is 0 Å². The Morgan fingerprint density at radius 3 is 2.73 bits per heavy atom. The van der Waals surface area contributed by atoms with Gasteiger partial charge in [0.15, 0.2) is 5.96 Å². The molecule has 0 aliphatic carbocycles.